The van der Waals surface area contributed by atoms with Gasteiger partial charge in [0.2, 0.25) is 5.91 Å². The van der Waals surface area contributed by atoms with Crippen LogP contribution in [0.3, 0.4) is 0 Å². The Balaban J connectivity index is 2.90. The molecule has 1 saturated heterocycles. The third-order valence-electron chi connectivity index (χ3n) is 2.92. The van der Waals surface area contributed by atoms with Crippen molar-refractivity contribution in [1.82, 2.24) is 5.32 Å². The molecule has 0 saturated carbocycles. The third kappa shape index (κ3) is 2.97. The molecule has 1 rings (SSSR count). The lowest BCUT2D eigenvalue weighted by Gasteiger charge is -2.43. The Labute approximate surface area is 102 Å². The second-order valence-electron chi connectivity index (χ2n) is 4.06. The van der Waals surface area contributed by atoms with E-state index in [0.29, 0.717) is 0 Å². The predicted molar refractivity (Wildman–Crippen MR) is 62.4 cm³/mol. The molecular formula is C12H19NO4. The normalized spacial score (nSPS) is 37.2. The first-order chi connectivity index (χ1) is 8.04. The Bertz CT molecular complexity index is 312. The zero-order chi connectivity index (χ0) is 13.0. The van der Waals surface area contributed by atoms with Gasteiger partial charge in [0.25, 0.3) is 0 Å². The zero-order valence-electron chi connectivity index (χ0n) is 10.6. The van der Waals surface area contributed by atoms with Crippen LogP contribution in [0, 0.1) is 12.3 Å². The van der Waals surface area contributed by atoms with E-state index in [1.807, 2.05) is 6.92 Å². The van der Waals surface area contributed by atoms with Gasteiger partial charge in [0.05, 0.1) is 12.1 Å². The van der Waals surface area contributed by atoms with Crippen molar-refractivity contribution in [2.24, 2.45) is 0 Å². The van der Waals surface area contributed by atoms with E-state index in [1.54, 1.807) is 14.2 Å². The van der Waals surface area contributed by atoms with Crippen LogP contribution in [0.2, 0.25) is 0 Å². The number of methoxy groups -OCH3 is 2. The molecule has 0 bridgehead atoms. The lowest BCUT2D eigenvalue weighted by Crippen LogP contribution is -2.63. The van der Waals surface area contributed by atoms with Gasteiger partial charge in [-0.25, -0.2) is 0 Å². The number of rotatable bonds is 3. The summed E-state index contributed by atoms with van der Waals surface area (Å²) in [5.41, 5.74) is 0. The SMILES string of the molecule is C#C[C@H]1OC(C)[C@H](NC(C)=O)[C@@H](OC)[C@H]1OC. The molecule has 96 valence electrons. The average Bonchev–Trinajstić information content (AvgIpc) is 2.30. The smallest absolute Gasteiger partial charge is 0.217 e. The highest BCUT2D eigenvalue weighted by molar-refractivity contribution is 5.73. The largest absolute Gasteiger partial charge is 0.376 e. The monoisotopic (exact) mass is 241 g/mol. The summed E-state index contributed by atoms with van der Waals surface area (Å²) < 4.78 is 16.3. The lowest BCUT2D eigenvalue weighted by atomic mass is 9.93. The molecule has 5 atom stereocenters. The molecule has 5 nitrogen and oxygen atoms in total. The number of carbonyl (C=O) groups is 1. The fourth-order valence-electron chi connectivity index (χ4n) is 2.14. The molecule has 1 aliphatic rings. The highest BCUT2D eigenvalue weighted by Crippen LogP contribution is 2.24. The molecule has 5 heteroatoms. The summed E-state index contributed by atoms with van der Waals surface area (Å²) >= 11 is 0. The van der Waals surface area contributed by atoms with Gasteiger partial charge in [-0.05, 0) is 6.92 Å². The summed E-state index contributed by atoms with van der Waals surface area (Å²) in [6, 6.07) is -0.271. The molecule has 0 aromatic rings. The second-order valence-corrected chi connectivity index (χ2v) is 4.06. The molecule has 1 heterocycles. The summed E-state index contributed by atoms with van der Waals surface area (Å²) in [6.07, 6.45) is 3.99. The maximum atomic E-state index is 11.2. The van der Waals surface area contributed by atoms with Crippen LogP contribution < -0.4 is 5.32 Å². The van der Waals surface area contributed by atoms with Crippen molar-refractivity contribution in [1.29, 1.82) is 0 Å². The van der Waals surface area contributed by atoms with Gasteiger partial charge in [0.15, 0.2) is 0 Å². The Morgan fingerprint density at radius 2 is 1.94 bits per heavy atom. The van der Waals surface area contributed by atoms with Crippen molar-refractivity contribution in [2.45, 2.75) is 44.3 Å². The molecule has 1 amide bonds. The van der Waals surface area contributed by atoms with Gasteiger partial charge in [0.1, 0.15) is 18.3 Å². The van der Waals surface area contributed by atoms with E-state index in [4.69, 9.17) is 20.6 Å². The van der Waals surface area contributed by atoms with Crippen LogP contribution in [0.4, 0.5) is 0 Å². The van der Waals surface area contributed by atoms with Gasteiger partial charge in [-0.2, -0.15) is 0 Å². The Morgan fingerprint density at radius 1 is 1.35 bits per heavy atom. The van der Waals surface area contributed by atoms with E-state index in [2.05, 4.69) is 11.2 Å². The van der Waals surface area contributed by atoms with Gasteiger partial charge >= 0.3 is 0 Å². The van der Waals surface area contributed by atoms with Crippen LogP contribution in [0.5, 0.6) is 0 Å². The van der Waals surface area contributed by atoms with Crippen LogP contribution in [-0.4, -0.2) is 50.6 Å². The van der Waals surface area contributed by atoms with E-state index in [9.17, 15) is 4.79 Å². The predicted octanol–water partition coefficient (Wildman–Crippen LogP) is -0.0584. The summed E-state index contributed by atoms with van der Waals surface area (Å²) in [4.78, 5) is 11.2. The van der Waals surface area contributed by atoms with Crippen LogP contribution in [0.1, 0.15) is 13.8 Å². The highest BCUT2D eigenvalue weighted by atomic mass is 16.6. The Morgan fingerprint density at radius 3 is 2.35 bits per heavy atom. The molecule has 0 aromatic heterocycles. The van der Waals surface area contributed by atoms with E-state index < -0.39 is 12.2 Å². The van der Waals surface area contributed by atoms with Crippen molar-refractivity contribution in [2.75, 3.05) is 14.2 Å². The molecule has 0 aromatic carbocycles. The minimum atomic E-state index is -0.468. The number of hydrogen-bond donors (Lipinski definition) is 1. The molecule has 1 N–H and O–H groups in total. The van der Waals surface area contributed by atoms with Gasteiger partial charge in [0, 0.05) is 21.1 Å². The quantitative estimate of drug-likeness (QED) is 0.703. The van der Waals surface area contributed by atoms with Gasteiger partial charge in [-0.3, -0.25) is 4.79 Å². The molecule has 1 fully saturated rings. The number of amides is 1. The van der Waals surface area contributed by atoms with Crippen LogP contribution in [-0.2, 0) is 19.0 Å². The number of nitrogens with one attached hydrogen (secondary N) is 1. The molecule has 17 heavy (non-hydrogen) atoms. The van der Waals surface area contributed by atoms with Crippen LogP contribution in [0.15, 0.2) is 0 Å². The summed E-state index contributed by atoms with van der Waals surface area (Å²) in [5, 5.41) is 2.80. The number of carbonyl (C=O) groups excluding carboxylic acids is 1. The van der Waals surface area contributed by atoms with Crippen molar-refractivity contribution >= 4 is 5.91 Å². The van der Waals surface area contributed by atoms with E-state index in [1.165, 1.54) is 6.92 Å². The van der Waals surface area contributed by atoms with Crippen molar-refractivity contribution in [3.63, 3.8) is 0 Å². The summed E-state index contributed by atoms with van der Waals surface area (Å²) in [6.45, 7) is 3.30. The second kappa shape index (κ2) is 6.01. The molecular weight excluding hydrogens is 222 g/mol. The topological polar surface area (TPSA) is 56.8 Å². The summed E-state index contributed by atoms with van der Waals surface area (Å²) in [7, 11) is 3.11. The average molecular weight is 241 g/mol. The molecule has 1 unspecified atom stereocenters. The highest BCUT2D eigenvalue weighted by Gasteiger charge is 2.44. The van der Waals surface area contributed by atoms with Gasteiger partial charge in [-0.15, -0.1) is 6.42 Å². The lowest BCUT2D eigenvalue weighted by molar-refractivity contribution is -0.181. The molecule has 0 spiro atoms. The number of ether oxygens (including phenoxy) is 3. The van der Waals surface area contributed by atoms with E-state index in [-0.39, 0.29) is 24.2 Å². The minimum Gasteiger partial charge on any atom is -0.376 e. The Kier molecular flexibility index (Phi) is 4.94. The van der Waals surface area contributed by atoms with Crippen molar-refractivity contribution in [3.8, 4) is 12.3 Å². The van der Waals surface area contributed by atoms with E-state index in [0.717, 1.165) is 0 Å². The Hall–Kier alpha value is -1.09. The third-order valence-corrected chi connectivity index (χ3v) is 2.92. The maximum Gasteiger partial charge on any atom is 0.217 e. The fourth-order valence-corrected chi connectivity index (χ4v) is 2.14. The fraction of sp³-hybridized carbons (Fsp3) is 0.750. The van der Waals surface area contributed by atoms with Crippen LogP contribution in [0.25, 0.3) is 0 Å². The first-order valence-corrected chi connectivity index (χ1v) is 5.49. The number of terminal acetylenes is 1. The van der Waals surface area contributed by atoms with E-state index >= 15 is 0 Å². The molecule has 1 aliphatic heterocycles. The number of hydrogen-bond acceptors (Lipinski definition) is 4. The summed E-state index contributed by atoms with van der Waals surface area (Å²) in [5.74, 6) is 2.40. The minimum absolute atomic E-state index is 0.137. The van der Waals surface area contributed by atoms with Gasteiger partial charge in [-0.1, -0.05) is 5.92 Å². The maximum absolute atomic E-state index is 11.2. The van der Waals surface area contributed by atoms with Crippen molar-refractivity contribution in [3.05, 3.63) is 0 Å². The molecule has 0 radical (unpaired) electrons. The van der Waals surface area contributed by atoms with Gasteiger partial charge < -0.3 is 19.5 Å². The van der Waals surface area contributed by atoms with Crippen LogP contribution >= 0.6 is 0 Å². The standard InChI is InChI=1S/C12H19NO4/c1-6-9-11(15-4)12(16-5)10(7(2)17-9)13-8(3)14/h1,7,9-12H,2-5H3,(H,13,14)/t7?,9-,10+,11+,12-/m1/s1. The van der Waals surface area contributed by atoms with Crippen molar-refractivity contribution < 1.29 is 19.0 Å². The zero-order valence-corrected chi connectivity index (χ0v) is 10.6. The molecule has 0 aliphatic carbocycles. The first-order valence-electron chi connectivity index (χ1n) is 5.49. The first kappa shape index (κ1) is 14.0.